The lowest BCUT2D eigenvalue weighted by Gasteiger charge is -2.31. The molecule has 0 spiro atoms. The molecule has 130 valence electrons. The summed E-state index contributed by atoms with van der Waals surface area (Å²) in [5, 5.41) is 4.20. The van der Waals surface area contributed by atoms with Crippen LogP contribution in [0.1, 0.15) is 29.9 Å². The minimum absolute atomic E-state index is 0.258. The summed E-state index contributed by atoms with van der Waals surface area (Å²) in [5.74, 6) is 0.328. The minimum Gasteiger partial charge on any atom is -0.263 e. The number of hydrogen-bond acceptors (Lipinski definition) is 5. The van der Waals surface area contributed by atoms with Gasteiger partial charge < -0.3 is 0 Å². The summed E-state index contributed by atoms with van der Waals surface area (Å²) in [5.41, 5.74) is 3.23. The van der Waals surface area contributed by atoms with Crippen molar-refractivity contribution in [2.24, 2.45) is 0 Å². The molecule has 0 bridgehead atoms. The first kappa shape index (κ1) is 16.2. The van der Waals surface area contributed by atoms with Gasteiger partial charge in [-0.3, -0.25) is 4.98 Å². The molecular formula is C17H19N5O2S. The SMILES string of the molecule is Cc1cc2ncnn2cc1C1CCN(S(=O)(=O)c2cccnc2)CC1. The first-order valence-corrected chi connectivity index (χ1v) is 9.70. The normalized spacial score (nSPS) is 17.2. The number of pyridine rings is 2. The van der Waals surface area contributed by atoms with E-state index in [4.69, 9.17) is 0 Å². The summed E-state index contributed by atoms with van der Waals surface area (Å²) in [6.45, 7) is 3.09. The molecule has 0 aliphatic carbocycles. The van der Waals surface area contributed by atoms with E-state index in [9.17, 15) is 8.42 Å². The van der Waals surface area contributed by atoms with E-state index in [1.165, 1.54) is 17.3 Å². The predicted molar refractivity (Wildman–Crippen MR) is 92.7 cm³/mol. The van der Waals surface area contributed by atoms with Gasteiger partial charge in [0.05, 0.1) is 0 Å². The van der Waals surface area contributed by atoms with Crippen LogP contribution in [0.4, 0.5) is 0 Å². The second kappa shape index (κ2) is 6.20. The van der Waals surface area contributed by atoms with E-state index in [2.05, 4.69) is 22.0 Å². The topological polar surface area (TPSA) is 80.5 Å². The Balaban J connectivity index is 1.54. The van der Waals surface area contributed by atoms with Crippen molar-refractivity contribution < 1.29 is 8.42 Å². The van der Waals surface area contributed by atoms with Crippen molar-refractivity contribution in [3.8, 4) is 0 Å². The van der Waals surface area contributed by atoms with Crippen LogP contribution < -0.4 is 0 Å². The van der Waals surface area contributed by atoms with Crippen molar-refractivity contribution in [2.75, 3.05) is 13.1 Å². The molecule has 1 aliphatic rings. The second-order valence-corrected chi connectivity index (χ2v) is 8.28. The van der Waals surface area contributed by atoms with Crippen LogP contribution in [0.2, 0.25) is 0 Å². The number of hydrogen-bond donors (Lipinski definition) is 0. The van der Waals surface area contributed by atoms with Crippen molar-refractivity contribution in [1.29, 1.82) is 0 Å². The highest BCUT2D eigenvalue weighted by molar-refractivity contribution is 7.89. The van der Waals surface area contributed by atoms with Gasteiger partial charge in [0.1, 0.15) is 11.2 Å². The summed E-state index contributed by atoms with van der Waals surface area (Å²) in [7, 11) is -3.46. The van der Waals surface area contributed by atoms with Crippen molar-refractivity contribution in [2.45, 2.75) is 30.6 Å². The molecule has 3 aromatic heterocycles. The van der Waals surface area contributed by atoms with Gasteiger partial charge in [-0.05, 0) is 55.0 Å². The predicted octanol–water partition coefficient (Wildman–Crippen LogP) is 2.00. The average Bonchev–Trinajstić information content (AvgIpc) is 3.09. The van der Waals surface area contributed by atoms with Crippen molar-refractivity contribution in [3.63, 3.8) is 0 Å². The average molecular weight is 357 g/mol. The van der Waals surface area contributed by atoms with Crippen LogP contribution in [0.5, 0.6) is 0 Å². The third-order valence-corrected chi connectivity index (χ3v) is 6.71. The van der Waals surface area contributed by atoms with Gasteiger partial charge in [-0.2, -0.15) is 9.40 Å². The van der Waals surface area contributed by atoms with Gasteiger partial charge in [-0.15, -0.1) is 0 Å². The molecule has 0 aromatic carbocycles. The molecule has 4 heterocycles. The Hall–Kier alpha value is -2.32. The quantitative estimate of drug-likeness (QED) is 0.716. The van der Waals surface area contributed by atoms with Crippen molar-refractivity contribution in [3.05, 3.63) is 54.2 Å². The summed E-state index contributed by atoms with van der Waals surface area (Å²) >= 11 is 0. The maximum Gasteiger partial charge on any atom is 0.244 e. The van der Waals surface area contributed by atoms with Crippen LogP contribution in [0.3, 0.4) is 0 Å². The van der Waals surface area contributed by atoms with Crippen LogP contribution in [-0.2, 0) is 10.0 Å². The Morgan fingerprint density at radius 3 is 2.76 bits per heavy atom. The molecule has 1 saturated heterocycles. The van der Waals surface area contributed by atoms with E-state index in [1.54, 1.807) is 33.5 Å². The third kappa shape index (κ3) is 2.91. The molecule has 0 N–H and O–H groups in total. The highest BCUT2D eigenvalue weighted by Crippen LogP contribution is 2.32. The fourth-order valence-corrected chi connectivity index (χ4v) is 4.89. The first-order valence-electron chi connectivity index (χ1n) is 8.26. The Labute approximate surface area is 146 Å². The Kier molecular flexibility index (Phi) is 4.01. The smallest absolute Gasteiger partial charge is 0.244 e. The lowest BCUT2D eigenvalue weighted by atomic mass is 9.89. The van der Waals surface area contributed by atoms with Gasteiger partial charge in [-0.1, -0.05) is 0 Å². The summed E-state index contributed by atoms with van der Waals surface area (Å²) < 4.78 is 28.7. The zero-order valence-corrected chi connectivity index (χ0v) is 14.7. The third-order valence-electron chi connectivity index (χ3n) is 4.83. The van der Waals surface area contributed by atoms with Crippen LogP contribution >= 0.6 is 0 Å². The Morgan fingerprint density at radius 2 is 2.04 bits per heavy atom. The zero-order chi connectivity index (χ0) is 17.4. The maximum atomic E-state index is 12.7. The molecule has 3 aromatic rings. The number of aromatic nitrogens is 4. The molecule has 0 saturated carbocycles. The standard InChI is InChI=1S/C17H19N5O2S/c1-13-9-17-19-12-20-22(17)11-16(13)14-4-7-21(8-5-14)25(23,24)15-3-2-6-18-10-15/h2-3,6,9-12,14H,4-5,7-8H2,1H3. The highest BCUT2D eigenvalue weighted by atomic mass is 32.2. The summed E-state index contributed by atoms with van der Waals surface area (Å²) in [6, 6.07) is 5.27. The molecule has 8 heteroatoms. The Morgan fingerprint density at radius 1 is 1.24 bits per heavy atom. The lowest BCUT2D eigenvalue weighted by molar-refractivity contribution is 0.318. The van der Waals surface area contributed by atoms with Gasteiger partial charge >= 0.3 is 0 Å². The minimum atomic E-state index is -3.46. The van der Waals surface area contributed by atoms with E-state index in [0.717, 1.165) is 18.5 Å². The fourth-order valence-electron chi connectivity index (χ4n) is 3.46. The van der Waals surface area contributed by atoms with Gasteiger partial charge in [0.15, 0.2) is 5.65 Å². The van der Waals surface area contributed by atoms with Crippen LogP contribution in [-0.4, -0.2) is 45.4 Å². The maximum absolute atomic E-state index is 12.7. The van der Waals surface area contributed by atoms with E-state index < -0.39 is 10.0 Å². The fraction of sp³-hybridized carbons (Fsp3) is 0.353. The van der Waals surface area contributed by atoms with E-state index in [0.29, 0.717) is 19.0 Å². The lowest BCUT2D eigenvalue weighted by Crippen LogP contribution is -2.38. The summed E-state index contributed by atoms with van der Waals surface area (Å²) in [6.07, 6.45) is 8.13. The molecule has 4 rings (SSSR count). The highest BCUT2D eigenvalue weighted by Gasteiger charge is 2.30. The number of aryl methyl sites for hydroxylation is 1. The van der Waals surface area contributed by atoms with Gasteiger partial charge in [0, 0.05) is 31.7 Å². The molecule has 0 atom stereocenters. The Bertz CT molecular complexity index is 992. The van der Waals surface area contributed by atoms with Crippen molar-refractivity contribution in [1.82, 2.24) is 23.9 Å². The molecule has 25 heavy (non-hydrogen) atoms. The largest absolute Gasteiger partial charge is 0.263 e. The number of fused-ring (bicyclic) bond motifs is 1. The van der Waals surface area contributed by atoms with Crippen molar-refractivity contribution >= 4 is 15.7 Å². The molecule has 1 fully saturated rings. The van der Waals surface area contributed by atoms with Gasteiger partial charge in [-0.25, -0.2) is 17.9 Å². The summed E-state index contributed by atoms with van der Waals surface area (Å²) in [4.78, 5) is 8.38. The number of sulfonamides is 1. The van der Waals surface area contributed by atoms with Crippen LogP contribution in [0, 0.1) is 6.92 Å². The molecule has 0 radical (unpaired) electrons. The van der Waals surface area contributed by atoms with Crippen LogP contribution in [0.15, 0.2) is 48.0 Å². The van der Waals surface area contributed by atoms with Gasteiger partial charge in [0.25, 0.3) is 0 Å². The monoisotopic (exact) mass is 357 g/mol. The van der Waals surface area contributed by atoms with E-state index in [1.807, 2.05) is 12.3 Å². The van der Waals surface area contributed by atoms with E-state index in [-0.39, 0.29) is 4.90 Å². The first-order chi connectivity index (χ1) is 12.1. The zero-order valence-electron chi connectivity index (χ0n) is 13.9. The number of rotatable bonds is 3. The molecule has 1 aliphatic heterocycles. The molecule has 0 unspecified atom stereocenters. The van der Waals surface area contributed by atoms with Gasteiger partial charge in [0.2, 0.25) is 10.0 Å². The number of piperidine rings is 1. The van der Waals surface area contributed by atoms with Crippen LogP contribution in [0.25, 0.3) is 5.65 Å². The molecule has 7 nitrogen and oxygen atoms in total. The number of nitrogens with zero attached hydrogens (tertiary/aromatic N) is 5. The molecule has 0 amide bonds. The van der Waals surface area contributed by atoms with E-state index >= 15 is 0 Å². The second-order valence-electron chi connectivity index (χ2n) is 6.34. The molecular weight excluding hydrogens is 338 g/mol.